The van der Waals surface area contributed by atoms with E-state index in [-0.39, 0.29) is 16.4 Å². The standard InChI is InChI=1S/C10H23NO2S/c1-9(2)14(12,13)8-6-10(3,4)5-7-11/h9H,5-8,11H2,1-4H3. The highest BCUT2D eigenvalue weighted by Crippen LogP contribution is 2.25. The van der Waals surface area contributed by atoms with Crippen molar-refractivity contribution in [2.24, 2.45) is 11.1 Å². The van der Waals surface area contributed by atoms with Crippen LogP contribution < -0.4 is 5.73 Å². The highest BCUT2D eigenvalue weighted by molar-refractivity contribution is 7.91. The lowest BCUT2D eigenvalue weighted by Gasteiger charge is -2.24. The van der Waals surface area contributed by atoms with Gasteiger partial charge in [-0.15, -0.1) is 0 Å². The third kappa shape index (κ3) is 4.96. The van der Waals surface area contributed by atoms with E-state index in [1.165, 1.54) is 0 Å². The van der Waals surface area contributed by atoms with Crippen molar-refractivity contribution in [3.63, 3.8) is 0 Å². The summed E-state index contributed by atoms with van der Waals surface area (Å²) in [4.78, 5) is 0. The Kier molecular flexibility index (Phi) is 5.09. The molecule has 0 aliphatic rings. The number of rotatable bonds is 6. The maximum absolute atomic E-state index is 11.5. The van der Waals surface area contributed by atoms with E-state index in [1.807, 2.05) is 0 Å². The molecule has 0 aromatic heterocycles. The van der Waals surface area contributed by atoms with Crippen molar-refractivity contribution in [2.45, 2.75) is 45.8 Å². The molecule has 3 nitrogen and oxygen atoms in total. The lowest BCUT2D eigenvalue weighted by Crippen LogP contribution is -2.24. The molecule has 0 radical (unpaired) electrons. The number of hydrogen-bond donors (Lipinski definition) is 1. The molecule has 14 heavy (non-hydrogen) atoms. The Morgan fingerprint density at radius 2 is 1.71 bits per heavy atom. The molecule has 0 aromatic carbocycles. The maximum atomic E-state index is 11.5. The van der Waals surface area contributed by atoms with Crippen molar-refractivity contribution >= 4 is 9.84 Å². The molecular weight excluding hydrogens is 198 g/mol. The summed E-state index contributed by atoms with van der Waals surface area (Å²) in [5, 5.41) is -0.267. The molecule has 0 saturated heterocycles. The zero-order chi connectivity index (χ0) is 11.4. The Hall–Kier alpha value is -0.0900. The van der Waals surface area contributed by atoms with Crippen LogP contribution in [0.3, 0.4) is 0 Å². The van der Waals surface area contributed by atoms with Crippen LogP contribution in [0.1, 0.15) is 40.5 Å². The molecular formula is C10H23NO2S. The van der Waals surface area contributed by atoms with Crippen LogP contribution in [0.25, 0.3) is 0 Å². The smallest absolute Gasteiger partial charge is 0.152 e. The van der Waals surface area contributed by atoms with E-state index < -0.39 is 9.84 Å². The average molecular weight is 221 g/mol. The molecule has 0 aliphatic carbocycles. The predicted molar refractivity (Wildman–Crippen MR) is 61.0 cm³/mol. The first kappa shape index (κ1) is 13.9. The van der Waals surface area contributed by atoms with Crippen LogP contribution >= 0.6 is 0 Å². The highest BCUT2D eigenvalue weighted by Gasteiger charge is 2.22. The van der Waals surface area contributed by atoms with Crippen LogP contribution in [0.5, 0.6) is 0 Å². The molecule has 0 bridgehead atoms. The van der Waals surface area contributed by atoms with Gasteiger partial charge in [0.15, 0.2) is 9.84 Å². The Bertz CT molecular complexity index is 255. The van der Waals surface area contributed by atoms with Crippen molar-refractivity contribution in [2.75, 3.05) is 12.3 Å². The minimum Gasteiger partial charge on any atom is -0.330 e. The highest BCUT2D eigenvalue weighted by atomic mass is 32.2. The summed E-state index contributed by atoms with van der Waals surface area (Å²) < 4.78 is 23.1. The quantitative estimate of drug-likeness (QED) is 0.740. The summed E-state index contributed by atoms with van der Waals surface area (Å²) in [5.41, 5.74) is 5.50. The van der Waals surface area contributed by atoms with Crippen LogP contribution in [-0.2, 0) is 9.84 Å². The van der Waals surface area contributed by atoms with Crippen LogP contribution in [0, 0.1) is 5.41 Å². The van der Waals surface area contributed by atoms with E-state index in [1.54, 1.807) is 13.8 Å². The molecule has 86 valence electrons. The van der Waals surface area contributed by atoms with Crippen LogP contribution in [-0.4, -0.2) is 26.0 Å². The second-order valence-corrected chi connectivity index (χ2v) is 7.55. The summed E-state index contributed by atoms with van der Waals surface area (Å²) >= 11 is 0. The molecule has 0 unspecified atom stereocenters. The monoisotopic (exact) mass is 221 g/mol. The number of hydrogen-bond acceptors (Lipinski definition) is 3. The SMILES string of the molecule is CC(C)S(=O)(=O)CCC(C)(C)CCN. The Labute approximate surface area is 88.0 Å². The Morgan fingerprint density at radius 3 is 2.07 bits per heavy atom. The van der Waals surface area contributed by atoms with Crippen LogP contribution in [0.4, 0.5) is 0 Å². The lowest BCUT2D eigenvalue weighted by atomic mass is 9.87. The van der Waals surface area contributed by atoms with Gasteiger partial charge >= 0.3 is 0 Å². The fourth-order valence-electron chi connectivity index (χ4n) is 1.17. The van der Waals surface area contributed by atoms with Crippen molar-refractivity contribution < 1.29 is 8.42 Å². The summed E-state index contributed by atoms with van der Waals surface area (Å²) in [6.07, 6.45) is 1.57. The van der Waals surface area contributed by atoms with Gasteiger partial charge in [0.05, 0.1) is 11.0 Å². The van der Waals surface area contributed by atoms with Crippen molar-refractivity contribution in [3.8, 4) is 0 Å². The molecule has 0 atom stereocenters. The third-order valence-corrected chi connectivity index (χ3v) is 4.81. The first-order valence-electron chi connectivity index (χ1n) is 5.13. The first-order chi connectivity index (χ1) is 6.21. The molecule has 0 amide bonds. The van der Waals surface area contributed by atoms with Gasteiger partial charge in [-0.3, -0.25) is 0 Å². The molecule has 0 heterocycles. The second-order valence-electron chi connectivity index (χ2n) is 4.87. The molecule has 2 N–H and O–H groups in total. The molecule has 0 aromatic rings. The summed E-state index contributed by atoms with van der Waals surface area (Å²) in [7, 11) is -2.89. The van der Waals surface area contributed by atoms with E-state index in [2.05, 4.69) is 13.8 Å². The van der Waals surface area contributed by atoms with Crippen LogP contribution in [0.15, 0.2) is 0 Å². The lowest BCUT2D eigenvalue weighted by molar-refractivity contribution is 0.328. The van der Waals surface area contributed by atoms with Gasteiger partial charge in [0.1, 0.15) is 0 Å². The zero-order valence-electron chi connectivity index (χ0n) is 9.71. The van der Waals surface area contributed by atoms with E-state index in [9.17, 15) is 8.42 Å². The van der Waals surface area contributed by atoms with E-state index in [0.717, 1.165) is 6.42 Å². The fraction of sp³-hybridized carbons (Fsp3) is 1.00. The van der Waals surface area contributed by atoms with Gasteiger partial charge in [-0.25, -0.2) is 8.42 Å². The predicted octanol–water partition coefficient (Wildman–Crippen LogP) is 1.57. The molecule has 0 spiro atoms. The largest absolute Gasteiger partial charge is 0.330 e. The molecule has 4 heteroatoms. The molecule has 0 saturated carbocycles. The van der Waals surface area contributed by atoms with Gasteiger partial charge in [-0.2, -0.15) is 0 Å². The summed E-state index contributed by atoms with van der Waals surface area (Å²) in [6, 6.07) is 0. The van der Waals surface area contributed by atoms with Crippen molar-refractivity contribution in [3.05, 3.63) is 0 Å². The topological polar surface area (TPSA) is 60.2 Å². The Balaban J connectivity index is 4.19. The van der Waals surface area contributed by atoms with Crippen molar-refractivity contribution in [1.82, 2.24) is 0 Å². The normalized spacial score (nSPS) is 13.6. The van der Waals surface area contributed by atoms with Gasteiger partial charge < -0.3 is 5.73 Å². The molecule has 0 fully saturated rings. The summed E-state index contributed by atoms with van der Waals surface area (Å²) in [5.74, 6) is 0.275. The van der Waals surface area contributed by atoms with Gasteiger partial charge in [0, 0.05) is 0 Å². The minimum absolute atomic E-state index is 0.0384. The maximum Gasteiger partial charge on any atom is 0.152 e. The van der Waals surface area contributed by atoms with E-state index >= 15 is 0 Å². The van der Waals surface area contributed by atoms with E-state index in [0.29, 0.717) is 13.0 Å². The van der Waals surface area contributed by atoms with Crippen LogP contribution in [0.2, 0.25) is 0 Å². The van der Waals surface area contributed by atoms with Gasteiger partial charge in [-0.1, -0.05) is 13.8 Å². The summed E-state index contributed by atoms with van der Waals surface area (Å²) in [6.45, 7) is 8.21. The number of nitrogens with two attached hydrogens (primary N) is 1. The minimum atomic E-state index is -2.89. The van der Waals surface area contributed by atoms with Gasteiger partial charge in [-0.05, 0) is 38.6 Å². The van der Waals surface area contributed by atoms with E-state index in [4.69, 9.17) is 5.73 Å². The number of sulfone groups is 1. The second kappa shape index (κ2) is 5.12. The van der Waals surface area contributed by atoms with Gasteiger partial charge in [0.25, 0.3) is 0 Å². The Morgan fingerprint density at radius 1 is 1.21 bits per heavy atom. The zero-order valence-corrected chi connectivity index (χ0v) is 10.5. The van der Waals surface area contributed by atoms with Gasteiger partial charge in [0.2, 0.25) is 0 Å². The molecule has 0 aliphatic heterocycles. The van der Waals surface area contributed by atoms with Crippen molar-refractivity contribution in [1.29, 1.82) is 0 Å². The molecule has 0 rings (SSSR count). The fourth-order valence-corrected chi connectivity index (χ4v) is 2.48. The third-order valence-electron chi connectivity index (χ3n) is 2.60. The average Bonchev–Trinajstić information content (AvgIpc) is 2.01. The first-order valence-corrected chi connectivity index (χ1v) is 6.84.